The number of amides is 4. The minimum absolute atomic E-state index is 0.0175. The van der Waals surface area contributed by atoms with Crippen molar-refractivity contribution in [1.29, 1.82) is 0 Å². The first-order valence-electron chi connectivity index (χ1n) is 20.2. The normalized spacial score (nSPS) is 21.5. The van der Waals surface area contributed by atoms with E-state index in [1.165, 1.54) is 11.0 Å². The smallest absolute Gasteiger partial charge is 0.412 e. The average Bonchev–Trinajstić information content (AvgIpc) is 4.16. The summed E-state index contributed by atoms with van der Waals surface area (Å²) in [5, 5.41) is 5.51. The van der Waals surface area contributed by atoms with Gasteiger partial charge in [0.2, 0.25) is 15.9 Å². The van der Waals surface area contributed by atoms with Crippen LogP contribution in [-0.4, -0.2) is 98.9 Å². The number of fused-ring (bicyclic) bond motifs is 1. The number of hydrogen-bond acceptors (Lipinski definition) is 11. The van der Waals surface area contributed by atoms with Crippen LogP contribution >= 0.6 is 0 Å². The van der Waals surface area contributed by atoms with Gasteiger partial charge in [-0.3, -0.25) is 24.4 Å². The van der Waals surface area contributed by atoms with Crippen LogP contribution in [0.3, 0.4) is 0 Å². The second-order valence-corrected chi connectivity index (χ2v) is 19.1. The van der Waals surface area contributed by atoms with Crippen molar-refractivity contribution < 1.29 is 41.8 Å². The van der Waals surface area contributed by atoms with Crippen molar-refractivity contribution in [3.8, 4) is 22.8 Å². The van der Waals surface area contributed by atoms with Crippen LogP contribution < -0.4 is 29.7 Å². The molecule has 0 unspecified atom stereocenters. The van der Waals surface area contributed by atoms with Crippen molar-refractivity contribution in [2.24, 2.45) is 11.3 Å². The van der Waals surface area contributed by atoms with Gasteiger partial charge in [0.15, 0.2) is 6.10 Å². The van der Waals surface area contributed by atoms with Crippen molar-refractivity contribution in [2.45, 2.75) is 75.5 Å². The monoisotopic (exact) mass is 852 g/mol. The quantitative estimate of drug-likeness (QED) is 0.133. The number of pyridine rings is 1. The molecule has 0 spiro atoms. The number of anilines is 2. The first-order chi connectivity index (χ1) is 28.9. The molecule has 7 rings (SSSR count). The number of aromatic nitrogens is 1. The fourth-order valence-electron chi connectivity index (χ4n) is 7.58. The van der Waals surface area contributed by atoms with Crippen LogP contribution in [0.1, 0.15) is 46.5 Å². The number of nitrogens with zero attached hydrogens (tertiary/aromatic N) is 3. The number of carbonyl (C=O) groups excluding carboxylic acids is 4. The zero-order valence-electron chi connectivity index (χ0n) is 35.1. The van der Waals surface area contributed by atoms with E-state index in [0.29, 0.717) is 46.6 Å². The van der Waals surface area contributed by atoms with E-state index in [2.05, 4.69) is 21.9 Å². The summed E-state index contributed by atoms with van der Waals surface area (Å²) in [7, 11) is 1.42. The molecular formula is C45H52N6O9S. The minimum Gasteiger partial charge on any atom is -0.497 e. The van der Waals surface area contributed by atoms with Crippen LogP contribution in [-0.2, 0) is 29.1 Å². The zero-order valence-corrected chi connectivity index (χ0v) is 36.0. The number of hydrogen-bond donors (Lipinski definition) is 3. The minimum atomic E-state index is -3.94. The number of rotatable bonds is 14. The summed E-state index contributed by atoms with van der Waals surface area (Å²) < 4.78 is 45.9. The van der Waals surface area contributed by atoms with Gasteiger partial charge in [-0.1, -0.05) is 57.2 Å². The highest BCUT2D eigenvalue weighted by Crippen LogP contribution is 2.46. The van der Waals surface area contributed by atoms with Gasteiger partial charge in [0.1, 0.15) is 29.2 Å². The molecule has 61 heavy (non-hydrogen) atoms. The summed E-state index contributed by atoms with van der Waals surface area (Å²) in [6, 6.07) is 22.6. The van der Waals surface area contributed by atoms with E-state index in [1.54, 1.807) is 58.2 Å². The summed E-state index contributed by atoms with van der Waals surface area (Å²) in [5.74, 6) is -1.73. The van der Waals surface area contributed by atoms with Gasteiger partial charge in [-0.25, -0.2) is 18.2 Å². The molecule has 1 saturated heterocycles. The Morgan fingerprint density at radius 3 is 2.31 bits per heavy atom. The van der Waals surface area contributed by atoms with Crippen LogP contribution in [0.15, 0.2) is 91.5 Å². The highest BCUT2D eigenvalue weighted by Gasteiger charge is 2.62. The lowest BCUT2D eigenvalue weighted by atomic mass is 9.88. The summed E-state index contributed by atoms with van der Waals surface area (Å²) in [6.07, 6.45) is -0.526. The van der Waals surface area contributed by atoms with E-state index in [9.17, 15) is 27.6 Å². The molecule has 3 N–H and O–H groups in total. The van der Waals surface area contributed by atoms with Gasteiger partial charge in [0, 0.05) is 66.3 Å². The summed E-state index contributed by atoms with van der Waals surface area (Å²) in [4.78, 5) is 64.6. The number of methoxy groups -OCH3 is 1. The zero-order chi connectivity index (χ0) is 43.9. The van der Waals surface area contributed by atoms with Gasteiger partial charge >= 0.3 is 6.09 Å². The highest BCUT2D eigenvalue weighted by molar-refractivity contribution is 7.91. The molecule has 2 saturated carbocycles. The van der Waals surface area contributed by atoms with Gasteiger partial charge in [-0.2, -0.15) is 0 Å². The standard InChI is InChI=1S/C45H52N6O9S/c1-8-28-25-45(28,42(54)49-61(56,57)33-19-20-33)48-40(52)37-23-32(59-38-24-35(27-12-10-9-11-13-27)47-36-22-31(58-7)18-21-34(36)38)26-51(37)41(53)39(44(2,3)4)60-43(55)46-29-14-16-30(17-15-29)50(5)6/h8-18,21-22,24,28,32-33,37,39H,1,19-20,23,25-26H2,2-7H3,(H,46,55)(H,48,52)(H,49,54)/t28-,32-,37+,39-,45-/m1/s1. The lowest BCUT2D eigenvalue weighted by Gasteiger charge is -2.34. The predicted octanol–water partition coefficient (Wildman–Crippen LogP) is 5.66. The fraction of sp³-hybridized carbons (Fsp3) is 0.400. The lowest BCUT2D eigenvalue weighted by Crippen LogP contribution is -2.58. The molecule has 3 fully saturated rings. The molecule has 1 aliphatic heterocycles. The molecule has 3 aliphatic rings. The third kappa shape index (κ3) is 9.28. The van der Waals surface area contributed by atoms with Gasteiger partial charge in [0.25, 0.3) is 11.8 Å². The van der Waals surface area contributed by atoms with Gasteiger partial charge in [-0.15, -0.1) is 6.58 Å². The Bertz CT molecular complexity index is 2450. The molecule has 2 heterocycles. The summed E-state index contributed by atoms with van der Waals surface area (Å²) >= 11 is 0. The number of likely N-dealkylation sites (tertiary alicyclic amines) is 1. The maximum atomic E-state index is 14.8. The predicted molar refractivity (Wildman–Crippen MR) is 232 cm³/mol. The average molecular weight is 853 g/mol. The van der Waals surface area contributed by atoms with Crippen molar-refractivity contribution in [3.05, 3.63) is 91.5 Å². The molecule has 4 amide bonds. The van der Waals surface area contributed by atoms with Crippen LogP contribution in [0.2, 0.25) is 0 Å². The highest BCUT2D eigenvalue weighted by atomic mass is 32.2. The number of nitrogens with one attached hydrogen (secondary N) is 3. The molecule has 16 heteroatoms. The van der Waals surface area contributed by atoms with Crippen LogP contribution in [0, 0.1) is 11.3 Å². The lowest BCUT2D eigenvalue weighted by molar-refractivity contribution is -0.150. The maximum absolute atomic E-state index is 14.8. The third-order valence-electron chi connectivity index (χ3n) is 11.3. The Kier molecular flexibility index (Phi) is 11.8. The molecular weight excluding hydrogens is 801 g/mol. The maximum Gasteiger partial charge on any atom is 0.412 e. The molecule has 2 aliphatic carbocycles. The number of sulfonamides is 1. The van der Waals surface area contributed by atoms with E-state index in [0.717, 1.165) is 11.3 Å². The first-order valence-corrected chi connectivity index (χ1v) is 21.7. The van der Waals surface area contributed by atoms with Gasteiger partial charge in [0.05, 0.1) is 30.1 Å². The van der Waals surface area contributed by atoms with Crippen molar-refractivity contribution >= 4 is 56.1 Å². The Hall–Kier alpha value is -6.16. The SMILES string of the molecule is C=C[C@@H]1C[C@]1(NC(=O)[C@@H]1C[C@@H](Oc2cc(-c3ccccc3)nc3cc(OC)ccc23)CN1C(=O)[C@@H](OC(=O)Nc1ccc(N(C)C)cc1)C(C)(C)C)C(=O)NS(=O)(=O)C1CC1. The summed E-state index contributed by atoms with van der Waals surface area (Å²) in [6.45, 7) is 8.94. The molecule has 15 nitrogen and oxygen atoms in total. The largest absolute Gasteiger partial charge is 0.497 e. The number of ether oxygens (including phenoxy) is 3. The molecule has 4 aromatic rings. The van der Waals surface area contributed by atoms with E-state index >= 15 is 0 Å². The molecule has 0 radical (unpaired) electrons. The van der Waals surface area contributed by atoms with Crippen LogP contribution in [0.25, 0.3) is 22.2 Å². The Labute approximate surface area is 355 Å². The molecule has 322 valence electrons. The topological polar surface area (TPSA) is 186 Å². The van der Waals surface area contributed by atoms with E-state index in [4.69, 9.17) is 19.2 Å². The number of benzene rings is 3. The van der Waals surface area contributed by atoms with Crippen molar-refractivity contribution in [1.82, 2.24) is 19.9 Å². The number of carbonyl (C=O) groups is 4. The Morgan fingerprint density at radius 2 is 1.70 bits per heavy atom. The molecule has 0 bridgehead atoms. The Balaban J connectivity index is 1.20. The fourth-order valence-corrected chi connectivity index (χ4v) is 8.94. The third-order valence-corrected chi connectivity index (χ3v) is 13.1. The van der Waals surface area contributed by atoms with Crippen LogP contribution in [0.4, 0.5) is 16.2 Å². The van der Waals surface area contributed by atoms with E-state index < -0.39 is 74.2 Å². The van der Waals surface area contributed by atoms with Crippen molar-refractivity contribution in [3.63, 3.8) is 0 Å². The van der Waals surface area contributed by atoms with E-state index in [-0.39, 0.29) is 19.4 Å². The molecule has 1 aromatic heterocycles. The van der Waals surface area contributed by atoms with Crippen molar-refractivity contribution in [2.75, 3.05) is 38.0 Å². The van der Waals surface area contributed by atoms with Gasteiger partial charge in [-0.05, 0) is 55.7 Å². The molecule has 3 aromatic carbocycles. The summed E-state index contributed by atoms with van der Waals surface area (Å²) in [5.41, 5.74) is 0.882. The second-order valence-electron chi connectivity index (χ2n) is 17.1. The van der Waals surface area contributed by atoms with Crippen LogP contribution in [0.5, 0.6) is 11.5 Å². The second kappa shape index (κ2) is 16.7. The van der Waals surface area contributed by atoms with E-state index in [1.807, 2.05) is 67.5 Å². The Morgan fingerprint density at radius 1 is 1.00 bits per heavy atom. The van der Waals surface area contributed by atoms with Gasteiger partial charge < -0.3 is 29.3 Å². The first kappa shape index (κ1) is 42.9. The molecule has 5 atom stereocenters.